The normalized spacial score (nSPS) is 16.8. The fraction of sp³-hybridized carbons (Fsp3) is 0.353. The second-order valence-corrected chi connectivity index (χ2v) is 12.2. The van der Waals surface area contributed by atoms with E-state index in [1.807, 2.05) is 0 Å². The number of hydrazine groups is 2. The molecule has 0 aliphatic carbocycles. The van der Waals surface area contributed by atoms with Crippen molar-refractivity contribution in [3.63, 3.8) is 0 Å². The van der Waals surface area contributed by atoms with E-state index in [0.29, 0.717) is 0 Å². The maximum Gasteiger partial charge on any atom is 0.357 e. The number of alkyl halides is 1. The van der Waals surface area contributed by atoms with E-state index in [1.54, 1.807) is 0 Å². The van der Waals surface area contributed by atoms with Crippen LogP contribution in [0.1, 0.15) is 24.1 Å². The Bertz CT molecular complexity index is 1270. The number of anilines is 1. The molecule has 3 rings (SSSR count). The number of pyridine rings is 1. The van der Waals surface area contributed by atoms with E-state index in [-0.39, 0.29) is 42.1 Å². The van der Waals surface area contributed by atoms with Crippen molar-refractivity contribution in [2.24, 2.45) is 0 Å². The molecule has 2 N–H and O–H groups in total. The number of esters is 2. The molecule has 0 saturated carbocycles. The third-order valence-electron chi connectivity index (χ3n) is 4.92. The lowest BCUT2D eigenvalue weighted by molar-refractivity contribution is -0.525. The molecule has 1 amide bonds. The van der Waals surface area contributed by atoms with Crippen LogP contribution in [-0.4, -0.2) is 72.6 Å². The molecular weight excluding hydrogens is 589 g/mol. The molecule has 1 fully saturated rings. The van der Waals surface area contributed by atoms with E-state index in [2.05, 4.69) is 0 Å². The van der Waals surface area contributed by atoms with Crippen molar-refractivity contribution >= 4 is 89.1 Å². The maximum atomic E-state index is 13.0. The van der Waals surface area contributed by atoms with Crippen molar-refractivity contribution < 1.29 is 43.9 Å². The summed E-state index contributed by atoms with van der Waals surface area (Å²) in [6.45, 7) is 0.218. The van der Waals surface area contributed by atoms with E-state index in [0.717, 1.165) is 10.5 Å². The molecule has 36 heavy (non-hydrogen) atoms. The predicted molar refractivity (Wildman–Crippen MR) is 129 cm³/mol. The smallest absolute Gasteiger partial charge is 0.357 e. The molecule has 2 aromatic rings. The van der Waals surface area contributed by atoms with Gasteiger partial charge >= 0.3 is 17.9 Å². The lowest BCUT2D eigenvalue weighted by Crippen LogP contribution is -2.84. The molecule has 194 valence electrons. The van der Waals surface area contributed by atoms with E-state index in [1.165, 1.54) is 19.9 Å². The van der Waals surface area contributed by atoms with Crippen LogP contribution in [0.3, 0.4) is 0 Å². The molecule has 14 nitrogen and oxygen atoms in total. The summed E-state index contributed by atoms with van der Waals surface area (Å²) in [7, 11) is -0.0509. The second-order valence-electron chi connectivity index (χ2n) is 6.81. The number of amides is 1. The molecule has 1 saturated heterocycles. The number of carbonyl (C=O) groups is 4. The van der Waals surface area contributed by atoms with Gasteiger partial charge in [0.25, 0.3) is 11.4 Å². The highest BCUT2D eigenvalue weighted by Crippen LogP contribution is 2.51. The SMILES string of the molecule is CCOC(=O)C1(C(=O)OCC)C(Cl)C(=O)N1N(c1c(O)ccc2c(P(Cl)Cl)pc(C(=O)O)n12)[N+](=O)[O-]. The summed E-state index contributed by atoms with van der Waals surface area (Å²) in [4.78, 5) is 63.1. The van der Waals surface area contributed by atoms with E-state index in [9.17, 15) is 39.5 Å². The third-order valence-corrected chi connectivity index (χ3v) is 9.64. The summed E-state index contributed by atoms with van der Waals surface area (Å²) < 4.78 is 10.5. The van der Waals surface area contributed by atoms with Gasteiger partial charge in [-0.3, -0.25) is 9.20 Å². The Kier molecular flexibility index (Phi) is 8.07. The molecule has 3 heterocycles. The number of rotatable bonds is 9. The average Bonchev–Trinajstić information content (AvgIpc) is 3.20. The van der Waals surface area contributed by atoms with Crippen LogP contribution in [0.25, 0.3) is 5.52 Å². The zero-order chi connectivity index (χ0) is 27.1. The van der Waals surface area contributed by atoms with Gasteiger partial charge in [-0.2, -0.15) is 5.01 Å². The Morgan fingerprint density at radius 3 is 2.25 bits per heavy atom. The summed E-state index contributed by atoms with van der Waals surface area (Å²) >= 11 is 18.1. The fourth-order valence-corrected chi connectivity index (χ4v) is 6.91. The first-order valence-electron chi connectivity index (χ1n) is 9.74. The van der Waals surface area contributed by atoms with Gasteiger partial charge in [0, 0.05) is 5.12 Å². The lowest BCUT2D eigenvalue weighted by atomic mass is 9.84. The third kappa shape index (κ3) is 4.06. The minimum atomic E-state index is -2.87. The van der Waals surface area contributed by atoms with Crippen LogP contribution in [0, 0.1) is 10.1 Å². The summed E-state index contributed by atoms with van der Waals surface area (Å²) in [5.41, 5.74) is -3.44. The highest BCUT2D eigenvalue weighted by Gasteiger charge is 2.76. The lowest BCUT2D eigenvalue weighted by Gasteiger charge is -2.49. The quantitative estimate of drug-likeness (QED) is 0.0817. The average molecular weight is 604 g/mol. The number of aromatic hydroxyl groups is 1. The zero-order valence-corrected chi connectivity index (χ0v) is 22.2. The highest BCUT2D eigenvalue weighted by molar-refractivity contribution is 8.12. The molecule has 1 aliphatic heterocycles. The number of carbonyl (C=O) groups excluding carboxylic acids is 3. The summed E-state index contributed by atoms with van der Waals surface area (Å²) in [6, 6.07) is 2.17. The van der Waals surface area contributed by atoms with Crippen molar-refractivity contribution in [1.29, 1.82) is 0 Å². The highest BCUT2D eigenvalue weighted by atomic mass is 35.9. The van der Waals surface area contributed by atoms with Crippen molar-refractivity contribution in [2.75, 3.05) is 18.3 Å². The first-order valence-corrected chi connectivity index (χ1v) is 14.2. The number of β-lactam (4-membered cyclic amide) rings is 1. The molecule has 1 atom stereocenters. The Labute approximate surface area is 218 Å². The van der Waals surface area contributed by atoms with Gasteiger partial charge in [0.1, 0.15) is 6.63 Å². The van der Waals surface area contributed by atoms with Gasteiger partial charge in [-0.25, -0.2) is 24.5 Å². The van der Waals surface area contributed by atoms with Gasteiger partial charge in [0.2, 0.25) is 5.82 Å². The van der Waals surface area contributed by atoms with E-state index >= 15 is 0 Å². The van der Waals surface area contributed by atoms with E-state index < -0.39 is 63.4 Å². The predicted octanol–water partition coefficient (Wildman–Crippen LogP) is 2.57. The van der Waals surface area contributed by atoms with Crippen LogP contribution in [-0.2, 0) is 23.9 Å². The topological polar surface area (TPSA) is 181 Å². The van der Waals surface area contributed by atoms with Gasteiger partial charge in [0.05, 0.1) is 23.8 Å². The number of nitro groups is 1. The number of ether oxygens (including phenoxy) is 2. The molecule has 0 aromatic carbocycles. The molecule has 1 aliphatic rings. The number of nitrogens with zero attached hydrogens (tertiary/aromatic N) is 4. The minimum Gasteiger partial charge on any atom is -0.504 e. The van der Waals surface area contributed by atoms with E-state index in [4.69, 9.17) is 43.6 Å². The van der Waals surface area contributed by atoms with Crippen LogP contribution in [0.4, 0.5) is 5.82 Å². The minimum absolute atomic E-state index is 0.0295. The van der Waals surface area contributed by atoms with Crippen molar-refractivity contribution in [1.82, 2.24) is 9.41 Å². The maximum absolute atomic E-state index is 13.0. The van der Waals surface area contributed by atoms with Gasteiger partial charge in [0.15, 0.2) is 21.6 Å². The van der Waals surface area contributed by atoms with Gasteiger partial charge < -0.3 is 19.7 Å². The number of fused-ring (bicyclic) bond motifs is 1. The Morgan fingerprint density at radius 2 is 1.81 bits per heavy atom. The van der Waals surface area contributed by atoms with Crippen LogP contribution in [0.15, 0.2) is 12.1 Å². The van der Waals surface area contributed by atoms with Crippen molar-refractivity contribution in [3.05, 3.63) is 27.7 Å². The second kappa shape index (κ2) is 10.4. The molecule has 2 aromatic heterocycles. The Hall–Kier alpha value is -2.63. The first-order chi connectivity index (χ1) is 16.9. The van der Waals surface area contributed by atoms with Gasteiger partial charge in [-0.05, 0) is 34.2 Å². The van der Waals surface area contributed by atoms with Gasteiger partial charge in [-0.1, -0.05) is 22.5 Å². The summed E-state index contributed by atoms with van der Waals surface area (Å²) in [6.07, 6.45) is 0. The van der Waals surface area contributed by atoms with Crippen LogP contribution >= 0.6 is 48.9 Å². The number of aromatic nitrogens is 1. The Balaban J connectivity index is 2.41. The molecule has 0 spiro atoms. The molecular formula is C17H15Cl3N4O10P2. The number of hydrogen-bond donors (Lipinski definition) is 2. The van der Waals surface area contributed by atoms with Gasteiger partial charge in [-0.15, -0.1) is 11.6 Å². The number of carboxylic acids is 1. The van der Waals surface area contributed by atoms with Crippen molar-refractivity contribution in [3.8, 4) is 5.75 Å². The van der Waals surface area contributed by atoms with Crippen LogP contribution in [0.2, 0.25) is 0 Å². The largest absolute Gasteiger partial charge is 0.504 e. The zero-order valence-electron chi connectivity index (χ0n) is 18.1. The molecule has 0 radical (unpaired) electrons. The first kappa shape index (κ1) is 27.9. The molecule has 1 unspecified atom stereocenters. The van der Waals surface area contributed by atoms with Crippen LogP contribution < -0.4 is 10.2 Å². The number of halogens is 3. The molecule has 19 heteroatoms. The number of carboxylic acid groups (broad SMARTS) is 1. The van der Waals surface area contributed by atoms with Crippen molar-refractivity contribution in [2.45, 2.75) is 24.8 Å². The molecule has 0 bridgehead atoms. The number of hydrogen-bond acceptors (Lipinski definition) is 9. The van der Waals surface area contributed by atoms with Crippen LogP contribution in [0.5, 0.6) is 5.75 Å². The summed E-state index contributed by atoms with van der Waals surface area (Å²) in [5, 5.41) is 29.5. The Morgan fingerprint density at radius 1 is 1.25 bits per heavy atom. The number of aromatic carboxylic acids is 1. The monoisotopic (exact) mass is 602 g/mol. The fourth-order valence-electron chi connectivity index (χ4n) is 3.53. The standard InChI is InChI=1S/C17H15Cl3N4O10P2/c1-3-33-15(29)17(16(30)34-4-2)9(18)11(26)22(17)23(24(31)32)10-8(25)6-5-7-14(36(19)20)35-12(13(27)28)21(7)10/h5-6,9,25H,3-4H2,1-2H3,(H,27,28). The summed E-state index contributed by atoms with van der Waals surface area (Å²) in [5.74, 6) is -7.57.